The molecule has 7 heteroatoms. The number of halogens is 2. The van der Waals surface area contributed by atoms with Crippen LogP contribution in [0.5, 0.6) is 0 Å². The Morgan fingerprint density at radius 3 is 2.77 bits per heavy atom. The van der Waals surface area contributed by atoms with Crippen molar-refractivity contribution in [3.63, 3.8) is 0 Å². The molecule has 0 radical (unpaired) electrons. The highest BCUT2D eigenvalue weighted by atomic mass is 35.5. The van der Waals surface area contributed by atoms with Crippen molar-refractivity contribution in [1.82, 2.24) is 14.9 Å². The van der Waals surface area contributed by atoms with E-state index >= 15 is 0 Å². The van der Waals surface area contributed by atoms with Gasteiger partial charge in [0, 0.05) is 25.0 Å². The summed E-state index contributed by atoms with van der Waals surface area (Å²) in [7, 11) is 0. The van der Waals surface area contributed by atoms with Crippen molar-refractivity contribution in [3.05, 3.63) is 22.7 Å². The molecule has 122 valence electrons. The van der Waals surface area contributed by atoms with E-state index in [9.17, 15) is 4.79 Å². The van der Waals surface area contributed by atoms with Gasteiger partial charge in [-0.3, -0.25) is 4.79 Å². The number of hydrogen-bond acceptors (Lipinski definition) is 4. The third kappa shape index (κ3) is 3.07. The first kappa shape index (κ1) is 17.4. The van der Waals surface area contributed by atoms with E-state index < -0.39 is 0 Å². The first-order valence-electron chi connectivity index (χ1n) is 7.54. The Morgan fingerprint density at radius 1 is 1.41 bits per heavy atom. The van der Waals surface area contributed by atoms with Crippen molar-refractivity contribution in [2.24, 2.45) is 17.6 Å². The lowest BCUT2D eigenvalue weighted by Gasteiger charge is -2.19. The van der Waals surface area contributed by atoms with Gasteiger partial charge in [0.15, 0.2) is 5.69 Å². The van der Waals surface area contributed by atoms with E-state index in [4.69, 9.17) is 17.3 Å². The maximum absolute atomic E-state index is 12.7. The van der Waals surface area contributed by atoms with Crippen molar-refractivity contribution in [2.45, 2.75) is 38.6 Å². The summed E-state index contributed by atoms with van der Waals surface area (Å²) in [4.78, 5) is 23.1. The molecule has 1 aliphatic heterocycles. The normalized spacial score (nSPS) is 27.0. The quantitative estimate of drug-likeness (QED) is 0.894. The van der Waals surface area contributed by atoms with Gasteiger partial charge in [0.25, 0.3) is 5.91 Å². The zero-order chi connectivity index (χ0) is 15.1. The molecule has 3 atom stereocenters. The number of carbonyl (C=O) groups excluding carboxylic acids is 1. The summed E-state index contributed by atoms with van der Waals surface area (Å²) in [5.74, 6) is 1.69. The van der Waals surface area contributed by atoms with Crippen LogP contribution in [-0.4, -0.2) is 39.9 Å². The number of aromatic nitrogens is 2. The summed E-state index contributed by atoms with van der Waals surface area (Å²) in [6, 6.07) is 0.222. The largest absolute Gasteiger partial charge is 0.337 e. The number of nitrogens with zero attached hydrogens (tertiary/aromatic N) is 3. The number of amides is 1. The number of hydrogen-bond donors (Lipinski definition) is 1. The van der Waals surface area contributed by atoms with Gasteiger partial charge in [-0.15, -0.1) is 12.4 Å². The van der Waals surface area contributed by atoms with Crippen LogP contribution in [0, 0.1) is 11.8 Å². The Morgan fingerprint density at radius 2 is 2.14 bits per heavy atom. The first-order valence-corrected chi connectivity index (χ1v) is 7.92. The lowest BCUT2D eigenvalue weighted by atomic mass is 9.98. The second-order valence-electron chi connectivity index (χ2n) is 6.45. The van der Waals surface area contributed by atoms with Gasteiger partial charge in [-0.2, -0.15) is 0 Å². The SMILES string of the molecule is CC(C)c1ncc(Cl)c(C(=O)N2CC3CCC(N)C3C2)n1.Cl. The molecule has 1 saturated carbocycles. The molecular weight excluding hydrogens is 323 g/mol. The minimum absolute atomic E-state index is 0. The van der Waals surface area contributed by atoms with Crippen LogP contribution in [0.15, 0.2) is 6.20 Å². The summed E-state index contributed by atoms with van der Waals surface area (Å²) in [6.07, 6.45) is 3.72. The smallest absolute Gasteiger partial charge is 0.274 e. The average Bonchev–Trinajstić information content (AvgIpc) is 3.01. The van der Waals surface area contributed by atoms with E-state index in [2.05, 4.69) is 9.97 Å². The van der Waals surface area contributed by atoms with Crippen molar-refractivity contribution >= 4 is 29.9 Å². The fourth-order valence-corrected chi connectivity index (χ4v) is 3.60. The van der Waals surface area contributed by atoms with Crippen LogP contribution < -0.4 is 5.73 Å². The highest BCUT2D eigenvalue weighted by molar-refractivity contribution is 6.33. The zero-order valence-corrected chi connectivity index (χ0v) is 14.4. The number of fused-ring (bicyclic) bond motifs is 1. The van der Waals surface area contributed by atoms with Crippen molar-refractivity contribution in [2.75, 3.05) is 13.1 Å². The van der Waals surface area contributed by atoms with Gasteiger partial charge >= 0.3 is 0 Å². The number of likely N-dealkylation sites (tertiary alicyclic amines) is 1. The van der Waals surface area contributed by atoms with Crippen molar-refractivity contribution < 1.29 is 4.79 Å². The molecule has 3 unspecified atom stereocenters. The van der Waals surface area contributed by atoms with Crippen LogP contribution >= 0.6 is 24.0 Å². The average molecular weight is 345 g/mol. The van der Waals surface area contributed by atoms with Crippen LogP contribution in [-0.2, 0) is 0 Å². The maximum Gasteiger partial charge on any atom is 0.274 e. The second kappa shape index (κ2) is 6.69. The van der Waals surface area contributed by atoms with Gasteiger partial charge in [-0.05, 0) is 24.7 Å². The lowest BCUT2D eigenvalue weighted by molar-refractivity contribution is 0.0773. The standard InChI is InChI=1S/C15H21ClN4O.ClH/c1-8(2)14-18-5-11(16)13(19-14)15(21)20-6-9-3-4-12(17)10(9)7-20;/h5,8-10,12H,3-4,6-7,17H2,1-2H3;1H. The van der Waals surface area contributed by atoms with Crippen LogP contribution in [0.4, 0.5) is 0 Å². The third-order valence-electron chi connectivity index (χ3n) is 4.68. The molecule has 5 nitrogen and oxygen atoms in total. The van der Waals surface area contributed by atoms with Gasteiger partial charge < -0.3 is 10.6 Å². The van der Waals surface area contributed by atoms with Crippen LogP contribution in [0.25, 0.3) is 0 Å². The van der Waals surface area contributed by atoms with E-state index in [1.54, 1.807) is 0 Å². The summed E-state index contributed by atoms with van der Waals surface area (Å²) in [6.45, 7) is 5.49. The lowest BCUT2D eigenvalue weighted by Crippen LogP contribution is -2.34. The van der Waals surface area contributed by atoms with Gasteiger partial charge in [-0.1, -0.05) is 25.4 Å². The van der Waals surface area contributed by atoms with Crippen molar-refractivity contribution in [1.29, 1.82) is 0 Å². The Balaban J connectivity index is 0.00000176. The van der Waals surface area contributed by atoms with Gasteiger partial charge in [0.1, 0.15) is 5.82 Å². The summed E-state index contributed by atoms with van der Waals surface area (Å²) in [5.41, 5.74) is 6.45. The van der Waals surface area contributed by atoms with E-state index in [0.717, 1.165) is 25.9 Å². The summed E-state index contributed by atoms with van der Waals surface area (Å²) >= 11 is 6.13. The molecule has 1 aromatic rings. The maximum atomic E-state index is 12.7. The molecule has 0 spiro atoms. The summed E-state index contributed by atoms with van der Waals surface area (Å²) in [5, 5.41) is 0.325. The van der Waals surface area contributed by atoms with E-state index in [1.165, 1.54) is 6.20 Å². The number of nitrogens with two attached hydrogens (primary N) is 1. The molecule has 0 aromatic carbocycles. The minimum Gasteiger partial charge on any atom is -0.337 e. The third-order valence-corrected chi connectivity index (χ3v) is 4.96. The molecular formula is C15H22Cl2N4O. The highest BCUT2D eigenvalue weighted by Gasteiger charge is 2.43. The molecule has 2 aliphatic rings. The Bertz CT molecular complexity index is 566. The van der Waals surface area contributed by atoms with Gasteiger partial charge in [-0.25, -0.2) is 9.97 Å². The molecule has 0 bridgehead atoms. The highest BCUT2D eigenvalue weighted by Crippen LogP contribution is 2.37. The molecule has 1 aliphatic carbocycles. The topological polar surface area (TPSA) is 72.1 Å². The van der Waals surface area contributed by atoms with E-state index in [1.807, 2.05) is 18.7 Å². The predicted octanol–water partition coefficient (Wildman–Crippen LogP) is 2.48. The second-order valence-corrected chi connectivity index (χ2v) is 6.86. The monoisotopic (exact) mass is 344 g/mol. The number of carbonyl (C=O) groups is 1. The Labute approximate surface area is 142 Å². The molecule has 22 heavy (non-hydrogen) atoms. The Kier molecular flexibility index (Phi) is 5.30. The van der Waals surface area contributed by atoms with Gasteiger partial charge in [0.05, 0.1) is 11.2 Å². The molecule has 2 fully saturated rings. The summed E-state index contributed by atoms with van der Waals surface area (Å²) < 4.78 is 0. The van der Waals surface area contributed by atoms with Crippen LogP contribution in [0.3, 0.4) is 0 Å². The molecule has 2 heterocycles. The molecule has 1 aromatic heterocycles. The fraction of sp³-hybridized carbons (Fsp3) is 0.667. The molecule has 3 rings (SSSR count). The fourth-order valence-electron chi connectivity index (χ4n) is 3.43. The minimum atomic E-state index is -0.0918. The first-order chi connectivity index (χ1) is 9.97. The van der Waals surface area contributed by atoms with E-state index in [0.29, 0.717) is 28.4 Å². The van der Waals surface area contributed by atoms with Crippen molar-refractivity contribution in [3.8, 4) is 0 Å². The van der Waals surface area contributed by atoms with Gasteiger partial charge in [0.2, 0.25) is 0 Å². The van der Waals surface area contributed by atoms with Crippen LogP contribution in [0.1, 0.15) is 48.9 Å². The van der Waals surface area contributed by atoms with E-state index in [-0.39, 0.29) is 30.3 Å². The van der Waals surface area contributed by atoms with Crippen LogP contribution in [0.2, 0.25) is 5.02 Å². The predicted molar refractivity (Wildman–Crippen MR) is 88.5 cm³/mol. The molecule has 1 saturated heterocycles. The zero-order valence-electron chi connectivity index (χ0n) is 12.8. The Hall–Kier alpha value is -0.910. The molecule has 1 amide bonds. The molecule has 2 N–H and O–H groups in total. The number of rotatable bonds is 2.